The number of hydrogen-bond donors (Lipinski definition) is 1. The van der Waals surface area contributed by atoms with Crippen molar-refractivity contribution in [2.75, 3.05) is 10.2 Å². The van der Waals surface area contributed by atoms with E-state index in [1.54, 1.807) is 6.07 Å². The molecule has 0 bridgehead atoms. The molecule has 0 unspecified atom stereocenters. The minimum atomic E-state index is -0.641. The quantitative estimate of drug-likeness (QED) is 0.479. The Morgan fingerprint density at radius 3 is 2.75 bits per heavy atom. The van der Waals surface area contributed by atoms with Crippen LogP contribution in [0, 0.1) is 11.6 Å². The molecular formula is C22H16ClF2N5O2. The van der Waals surface area contributed by atoms with Gasteiger partial charge in [0.1, 0.15) is 17.2 Å². The number of fused-ring (bicyclic) bond motifs is 1. The number of carbonyl (C=O) groups excluding carboxylic acids is 2. The number of amides is 2. The van der Waals surface area contributed by atoms with Crippen molar-refractivity contribution in [1.29, 1.82) is 0 Å². The van der Waals surface area contributed by atoms with Crippen LogP contribution in [-0.4, -0.2) is 26.4 Å². The van der Waals surface area contributed by atoms with Crippen LogP contribution in [-0.2, 0) is 16.0 Å². The van der Waals surface area contributed by atoms with Gasteiger partial charge in [0.05, 0.1) is 23.3 Å². The molecule has 4 aromatic rings. The van der Waals surface area contributed by atoms with Crippen molar-refractivity contribution in [2.24, 2.45) is 0 Å². The summed E-state index contributed by atoms with van der Waals surface area (Å²) in [6.07, 6.45) is 4.19. The summed E-state index contributed by atoms with van der Waals surface area (Å²) in [5.74, 6) is -2.07. The van der Waals surface area contributed by atoms with Gasteiger partial charge in [-0.3, -0.25) is 14.5 Å². The van der Waals surface area contributed by atoms with E-state index in [1.165, 1.54) is 66.4 Å². The van der Waals surface area contributed by atoms with Crippen molar-refractivity contribution in [3.05, 3.63) is 83.3 Å². The van der Waals surface area contributed by atoms with Crippen LogP contribution < -0.4 is 10.2 Å². The highest BCUT2D eigenvalue weighted by Crippen LogP contribution is 2.30. The SMILES string of the molecule is CC(=O)N(c1cc(NC(=O)Cc2cccc(F)c2Cl)ccn1)c1ccn2nccc2c1F. The molecule has 3 heterocycles. The fourth-order valence-corrected chi connectivity index (χ4v) is 3.45. The van der Waals surface area contributed by atoms with Crippen LogP contribution in [0.2, 0.25) is 5.02 Å². The Kier molecular flexibility index (Phi) is 5.83. The normalized spacial score (nSPS) is 10.9. The van der Waals surface area contributed by atoms with Crippen molar-refractivity contribution in [3.8, 4) is 0 Å². The summed E-state index contributed by atoms with van der Waals surface area (Å²) >= 11 is 5.91. The van der Waals surface area contributed by atoms with E-state index in [1.807, 2.05) is 0 Å². The summed E-state index contributed by atoms with van der Waals surface area (Å²) < 4.78 is 30.0. The number of nitrogens with zero attached hydrogens (tertiary/aromatic N) is 4. The second-order valence-electron chi connectivity index (χ2n) is 6.87. The van der Waals surface area contributed by atoms with Crippen LogP contribution in [0.5, 0.6) is 0 Å². The Labute approximate surface area is 186 Å². The molecule has 0 radical (unpaired) electrons. The Bertz CT molecular complexity index is 1340. The molecule has 0 spiro atoms. The van der Waals surface area contributed by atoms with E-state index in [0.29, 0.717) is 11.3 Å². The van der Waals surface area contributed by atoms with Crippen LogP contribution in [0.4, 0.5) is 26.0 Å². The Morgan fingerprint density at radius 1 is 1.16 bits per heavy atom. The summed E-state index contributed by atoms with van der Waals surface area (Å²) in [6, 6.07) is 10.1. The average molecular weight is 456 g/mol. The summed E-state index contributed by atoms with van der Waals surface area (Å²) in [7, 11) is 0. The molecule has 3 aromatic heterocycles. The zero-order valence-electron chi connectivity index (χ0n) is 16.7. The fraction of sp³-hybridized carbons (Fsp3) is 0.0909. The van der Waals surface area contributed by atoms with Crippen molar-refractivity contribution < 1.29 is 18.4 Å². The Hall–Kier alpha value is -3.85. The van der Waals surface area contributed by atoms with E-state index in [-0.39, 0.29) is 28.5 Å². The smallest absolute Gasteiger partial charge is 0.229 e. The lowest BCUT2D eigenvalue weighted by Crippen LogP contribution is -2.25. The second-order valence-corrected chi connectivity index (χ2v) is 7.25. The second kappa shape index (κ2) is 8.72. The molecule has 0 atom stereocenters. The lowest BCUT2D eigenvalue weighted by molar-refractivity contribution is -0.116. The largest absolute Gasteiger partial charge is 0.326 e. The van der Waals surface area contributed by atoms with E-state index in [4.69, 9.17) is 11.6 Å². The molecule has 1 aromatic carbocycles. The molecule has 7 nitrogen and oxygen atoms in total. The third kappa shape index (κ3) is 4.15. The van der Waals surface area contributed by atoms with Crippen LogP contribution >= 0.6 is 11.6 Å². The number of hydrogen-bond acceptors (Lipinski definition) is 4. The van der Waals surface area contributed by atoms with Gasteiger partial charge in [-0.15, -0.1) is 0 Å². The van der Waals surface area contributed by atoms with Gasteiger partial charge in [0.25, 0.3) is 0 Å². The van der Waals surface area contributed by atoms with E-state index in [9.17, 15) is 14.0 Å². The number of aromatic nitrogens is 3. The summed E-state index contributed by atoms with van der Waals surface area (Å²) in [6.45, 7) is 1.28. The number of halogens is 3. The summed E-state index contributed by atoms with van der Waals surface area (Å²) in [4.78, 5) is 30.1. The molecule has 0 fully saturated rings. The Balaban J connectivity index is 1.61. The molecule has 0 saturated heterocycles. The molecule has 162 valence electrons. The highest BCUT2D eigenvalue weighted by atomic mass is 35.5. The van der Waals surface area contributed by atoms with E-state index < -0.39 is 23.4 Å². The number of nitrogens with one attached hydrogen (secondary N) is 1. The average Bonchev–Trinajstić information content (AvgIpc) is 3.23. The maximum atomic E-state index is 15.0. The minimum absolute atomic E-state index is 0.00646. The third-order valence-electron chi connectivity index (χ3n) is 4.69. The number of anilines is 3. The molecule has 4 rings (SSSR count). The van der Waals surface area contributed by atoms with E-state index in [2.05, 4.69) is 15.4 Å². The molecule has 0 saturated carbocycles. The van der Waals surface area contributed by atoms with Gasteiger partial charge in [-0.1, -0.05) is 23.7 Å². The topological polar surface area (TPSA) is 79.6 Å². The third-order valence-corrected chi connectivity index (χ3v) is 5.11. The van der Waals surface area contributed by atoms with Gasteiger partial charge in [0.2, 0.25) is 11.8 Å². The van der Waals surface area contributed by atoms with Crippen molar-refractivity contribution in [2.45, 2.75) is 13.3 Å². The monoisotopic (exact) mass is 455 g/mol. The van der Waals surface area contributed by atoms with Crippen LogP contribution in [0.3, 0.4) is 0 Å². The molecule has 32 heavy (non-hydrogen) atoms. The minimum Gasteiger partial charge on any atom is -0.326 e. The zero-order valence-corrected chi connectivity index (χ0v) is 17.5. The van der Waals surface area contributed by atoms with Gasteiger partial charge in [0.15, 0.2) is 5.82 Å². The molecule has 0 aliphatic rings. The fourth-order valence-electron chi connectivity index (χ4n) is 3.26. The van der Waals surface area contributed by atoms with Gasteiger partial charge >= 0.3 is 0 Å². The van der Waals surface area contributed by atoms with Gasteiger partial charge in [-0.05, 0) is 29.8 Å². The lowest BCUT2D eigenvalue weighted by atomic mass is 10.1. The highest BCUT2D eigenvalue weighted by molar-refractivity contribution is 6.31. The molecular weight excluding hydrogens is 440 g/mol. The number of pyridine rings is 2. The first-order chi connectivity index (χ1) is 15.3. The first kappa shape index (κ1) is 21.4. The first-order valence-corrected chi connectivity index (χ1v) is 9.84. The maximum Gasteiger partial charge on any atom is 0.229 e. The van der Waals surface area contributed by atoms with Gasteiger partial charge in [-0.25, -0.2) is 18.3 Å². The summed E-state index contributed by atoms with van der Waals surface area (Å²) in [5.41, 5.74) is 0.850. The van der Waals surface area contributed by atoms with Crippen molar-refractivity contribution >= 4 is 46.1 Å². The highest BCUT2D eigenvalue weighted by Gasteiger charge is 2.22. The standard InChI is InChI=1S/C22H16ClF2N5O2/c1-13(31)30(18-7-10-29-17(22(18)25)6-9-27-29)19-12-15(5-8-26-19)28-20(32)11-14-3-2-4-16(24)21(14)23/h2-10,12H,11H2,1H3,(H,26,28,32). The van der Waals surface area contributed by atoms with Gasteiger partial charge in [-0.2, -0.15) is 5.10 Å². The molecule has 0 aliphatic heterocycles. The predicted molar refractivity (Wildman–Crippen MR) is 116 cm³/mol. The van der Waals surface area contributed by atoms with Crippen LogP contribution in [0.25, 0.3) is 5.52 Å². The molecule has 10 heteroatoms. The maximum absolute atomic E-state index is 15.0. The molecule has 2 amide bonds. The number of carbonyl (C=O) groups is 2. The zero-order chi connectivity index (χ0) is 22.8. The predicted octanol–water partition coefficient (Wildman–Crippen LogP) is 4.53. The number of rotatable bonds is 5. The van der Waals surface area contributed by atoms with Gasteiger partial charge < -0.3 is 5.32 Å². The van der Waals surface area contributed by atoms with Crippen molar-refractivity contribution in [1.82, 2.24) is 14.6 Å². The van der Waals surface area contributed by atoms with E-state index >= 15 is 4.39 Å². The first-order valence-electron chi connectivity index (χ1n) is 9.46. The Morgan fingerprint density at radius 2 is 1.97 bits per heavy atom. The summed E-state index contributed by atoms with van der Waals surface area (Å²) in [5, 5.41) is 6.51. The lowest BCUT2D eigenvalue weighted by Gasteiger charge is -2.21. The van der Waals surface area contributed by atoms with E-state index in [0.717, 1.165) is 4.90 Å². The van der Waals surface area contributed by atoms with Crippen LogP contribution in [0.15, 0.2) is 61.1 Å². The van der Waals surface area contributed by atoms with Gasteiger partial charge in [0, 0.05) is 31.1 Å². The van der Waals surface area contributed by atoms with Crippen molar-refractivity contribution in [3.63, 3.8) is 0 Å². The number of benzene rings is 1. The molecule has 0 aliphatic carbocycles. The van der Waals surface area contributed by atoms with Crippen LogP contribution in [0.1, 0.15) is 12.5 Å². The molecule has 1 N–H and O–H groups in total.